The molecule has 0 spiro atoms. The molecule has 0 amide bonds. The van der Waals surface area contributed by atoms with Crippen molar-refractivity contribution in [3.63, 3.8) is 0 Å². The second kappa shape index (κ2) is 7.61. The minimum absolute atomic E-state index is 0.162. The Balaban J connectivity index is 1.62. The maximum atomic E-state index is 12.2. The van der Waals surface area contributed by atoms with E-state index < -0.39 is 6.61 Å². The molecule has 0 radical (unpaired) electrons. The summed E-state index contributed by atoms with van der Waals surface area (Å²) < 4.78 is 28.8. The molecule has 1 saturated heterocycles. The molecule has 1 aromatic carbocycles. The molecule has 2 heterocycles. The summed E-state index contributed by atoms with van der Waals surface area (Å²) in [5.74, 6) is 0.810. The number of piperidine rings is 1. The number of anilines is 2. The highest BCUT2D eigenvalue weighted by Gasteiger charge is 2.20. The zero-order valence-corrected chi connectivity index (χ0v) is 13.6. The molecule has 8 heteroatoms. The first-order chi connectivity index (χ1) is 11.6. The normalized spacial score (nSPS) is 17.8. The summed E-state index contributed by atoms with van der Waals surface area (Å²) in [6, 6.07) is 6.91. The Hall–Kier alpha value is -2.15. The van der Waals surface area contributed by atoms with Crippen molar-refractivity contribution in [1.82, 2.24) is 9.97 Å². The smallest absolute Gasteiger partial charge is 0.387 e. The van der Waals surface area contributed by atoms with Crippen LogP contribution in [0.3, 0.4) is 0 Å². The fraction of sp³-hybridized carbons (Fsp3) is 0.375. The largest absolute Gasteiger partial charge is 0.435 e. The summed E-state index contributed by atoms with van der Waals surface area (Å²) in [6.45, 7) is -1.12. The van der Waals surface area contributed by atoms with Crippen molar-refractivity contribution in [1.29, 1.82) is 0 Å². The quantitative estimate of drug-likeness (QED) is 0.884. The number of halogens is 3. The van der Waals surface area contributed by atoms with Crippen LogP contribution in [-0.4, -0.2) is 35.7 Å². The molecule has 1 aromatic heterocycles. The predicted octanol–water partition coefficient (Wildman–Crippen LogP) is 3.81. The molecule has 1 fully saturated rings. The van der Waals surface area contributed by atoms with Gasteiger partial charge in [0.25, 0.3) is 0 Å². The van der Waals surface area contributed by atoms with Gasteiger partial charge in [-0.1, -0.05) is 11.6 Å². The number of aromatic nitrogens is 2. The van der Waals surface area contributed by atoms with E-state index in [1.807, 2.05) is 0 Å². The van der Waals surface area contributed by atoms with Crippen LogP contribution >= 0.6 is 11.6 Å². The van der Waals surface area contributed by atoms with Crippen molar-refractivity contribution >= 4 is 23.1 Å². The molecule has 2 aromatic rings. The van der Waals surface area contributed by atoms with Gasteiger partial charge in [-0.3, -0.25) is 4.98 Å². The highest BCUT2D eigenvalue weighted by molar-refractivity contribution is 6.29. The predicted molar refractivity (Wildman–Crippen MR) is 89.0 cm³/mol. The van der Waals surface area contributed by atoms with Crippen LogP contribution in [0.15, 0.2) is 36.7 Å². The van der Waals surface area contributed by atoms with Gasteiger partial charge in [-0.15, -0.1) is 0 Å². The molecule has 1 aliphatic heterocycles. The summed E-state index contributed by atoms with van der Waals surface area (Å²) >= 11 is 5.85. The molecule has 1 unspecified atom stereocenters. The van der Waals surface area contributed by atoms with Crippen LogP contribution in [0.4, 0.5) is 20.3 Å². The van der Waals surface area contributed by atoms with E-state index in [4.69, 9.17) is 11.6 Å². The first-order valence-corrected chi connectivity index (χ1v) is 8.02. The lowest BCUT2D eigenvalue weighted by Gasteiger charge is -2.35. The Labute approximate surface area is 143 Å². The number of nitrogens with zero attached hydrogens (tertiary/aromatic N) is 3. The number of hydrogen-bond acceptors (Lipinski definition) is 5. The van der Waals surface area contributed by atoms with Crippen molar-refractivity contribution in [2.24, 2.45) is 0 Å². The standard InChI is InChI=1S/C16H17ClF2N4O/c17-14-8-20-9-15(22-14)21-11-2-1-7-23(10-11)12-3-5-13(6-4-12)24-16(18)19/h3-6,8-9,11,16H,1-2,7,10H2,(H,21,22). The summed E-state index contributed by atoms with van der Waals surface area (Å²) in [6.07, 6.45) is 5.16. The van der Waals surface area contributed by atoms with E-state index in [1.165, 1.54) is 6.20 Å². The van der Waals surface area contributed by atoms with Gasteiger partial charge in [0.15, 0.2) is 0 Å². The molecule has 128 valence electrons. The van der Waals surface area contributed by atoms with E-state index >= 15 is 0 Å². The van der Waals surface area contributed by atoms with E-state index in [1.54, 1.807) is 30.5 Å². The third-order valence-corrected chi connectivity index (χ3v) is 3.99. The summed E-state index contributed by atoms with van der Waals surface area (Å²) in [4.78, 5) is 10.4. The van der Waals surface area contributed by atoms with Crippen molar-refractivity contribution in [2.45, 2.75) is 25.5 Å². The Morgan fingerprint density at radius 2 is 2.04 bits per heavy atom. The van der Waals surface area contributed by atoms with Gasteiger partial charge in [0.05, 0.1) is 12.4 Å². The summed E-state index contributed by atoms with van der Waals surface area (Å²) in [5.41, 5.74) is 0.972. The number of benzene rings is 1. The third-order valence-electron chi connectivity index (χ3n) is 3.81. The first kappa shape index (κ1) is 16.7. The number of rotatable bonds is 5. The number of hydrogen-bond donors (Lipinski definition) is 1. The van der Waals surface area contributed by atoms with Gasteiger partial charge in [0.1, 0.15) is 16.7 Å². The van der Waals surface area contributed by atoms with Crippen molar-refractivity contribution in [3.8, 4) is 5.75 Å². The lowest BCUT2D eigenvalue weighted by atomic mass is 10.0. The molecule has 0 aliphatic carbocycles. The van der Waals surface area contributed by atoms with E-state index in [-0.39, 0.29) is 11.8 Å². The van der Waals surface area contributed by atoms with Crippen molar-refractivity contribution in [3.05, 3.63) is 41.8 Å². The van der Waals surface area contributed by atoms with Crippen LogP contribution in [0, 0.1) is 0 Å². The van der Waals surface area contributed by atoms with Gasteiger partial charge in [-0.05, 0) is 37.1 Å². The molecule has 3 rings (SSSR count). The van der Waals surface area contributed by atoms with Crippen LogP contribution in [0.2, 0.25) is 5.15 Å². The van der Waals surface area contributed by atoms with Crippen LogP contribution in [0.1, 0.15) is 12.8 Å². The number of ether oxygens (including phenoxy) is 1. The number of nitrogens with one attached hydrogen (secondary N) is 1. The molecule has 1 N–H and O–H groups in total. The fourth-order valence-electron chi connectivity index (χ4n) is 2.79. The lowest BCUT2D eigenvalue weighted by molar-refractivity contribution is -0.0498. The maximum absolute atomic E-state index is 12.2. The van der Waals surface area contributed by atoms with E-state index in [0.717, 1.165) is 31.6 Å². The molecule has 0 bridgehead atoms. The van der Waals surface area contributed by atoms with Gasteiger partial charge >= 0.3 is 6.61 Å². The minimum Gasteiger partial charge on any atom is -0.435 e. The van der Waals surface area contributed by atoms with Crippen LogP contribution < -0.4 is 15.0 Å². The average molecular weight is 355 g/mol. The highest BCUT2D eigenvalue weighted by atomic mass is 35.5. The van der Waals surface area contributed by atoms with Gasteiger partial charge in [0.2, 0.25) is 0 Å². The summed E-state index contributed by atoms with van der Waals surface area (Å²) in [7, 11) is 0. The van der Waals surface area contributed by atoms with Crippen molar-refractivity contribution < 1.29 is 13.5 Å². The third kappa shape index (κ3) is 4.44. The fourth-order valence-corrected chi connectivity index (χ4v) is 2.94. The molecular formula is C16H17ClF2N4O. The van der Waals surface area contributed by atoms with Gasteiger partial charge < -0.3 is 15.0 Å². The molecule has 5 nitrogen and oxygen atoms in total. The minimum atomic E-state index is -2.81. The van der Waals surface area contributed by atoms with E-state index in [9.17, 15) is 8.78 Å². The molecule has 0 saturated carbocycles. The van der Waals surface area contributed by atoms with E-state index in [2.05, 4.69) is 24.9 Å². The first-order valence-electron chi connectivity index (χ1n) is 7.64. The number of alkyl halides is 2. The Morgan fingerprint density at radius 3 is 2.75 bits per heavy atom. The second-order valence-electron chi connectivity index (χ2n) is 5.53. The highest BCUT2D eigenvalue weighted by Crippen LogP contribution is 2.24. The van der Waals surface area contributed by atoms with Gasteiger partial charge in [-0.2, -0.15) is 8.78 Å². The maximum Gasteiger partial charge on any atom is 0.387 e. The zero-order chi connectivity index (χ0) is 16.9. The molecule has 24 heavy (non-hydrogen) atoms. The van der Waals surface area contributed by atoms with Crippen LogP contribution in [-0.2, 0) is 0 Å². The van der Waals surface area contributed by atoms with Gasteiger partial charge in [0, 0.05) is 24.8 Å². The van der Waals surface area contributed by atoms with Gasteiger partial charge in [-0.25, -0.2) is 4.98 Å². The summed E-state index contributed by atoms with van der Waals surface area (Å²) in [5, 5.41) is 3.68. The van der Waals surface area contributed by atoms with Crippen LogP contribution in [0.5, 0.6) is 5.75 Å². The monoisotopic (exact) mass is 354 g/mol. The van der Waals surface area contributed by atoms with E-state index in [0.29, 0.717) is 11.0 Å². The molecule has 1 aliphatic rings. The topological polar surface area (TPSA) is 50.3 Å². The molecular weight excluding hydrogens is 338 g/mol. The average Bonchev–Trinajstić information content (AvgIpc) is 2.55. The lowest BCUT2D eigenvalue weighted by Crippen LogP contribution is -2.42. The Morgan fingerprint density at radius 1 is 1.25 bits per heavy atom. The second-order valence-corrected chi connectivity index (χ2v) is 5.92. The van der Waals surface area contributed by atoms with Crippen molar-refractivity contribution in [2.75, 3.05) is 23.3 Å². The SMILES string of the molecule is FC(F)Oc1ccc(N2CCCC(Nc3cncc(Cl)n3)C2)cc1. The zero-order valence-electron chi connectivity index (χ0n) is 12.8. The Kier molecular flexibility index (Phi) is 5.30. The molecule has 1 atom stereocenters. The Bertz CT molecular complexity index is 671. The van der Waals surface area contributed by atoms with Crippen LogP contribution in [0.25, 0.3) is 0 Å².